The number of anilines is 1. The number of halogens is 3. The lowest BCUT2D eigenvalue weighted by atomic mass is 10.0. The van der Waals surface area contributed by atoms with Crippen molar-refractivity contribution in [3.63, 3.8) is 0 Å². The highest BCUT2D eigenvalue weighted by Gasteiger charge is 2.32. The molecule has 1 atom stereocenters. The Morgan fingerprint density at radius 2 is 1.94 bits per heavy atom. The number of likely N-dealkylation sites (tertiary alicyclic amines) is 1. The average Bonchev–Trinajstić information content (AvgIpc) is 3.15. The summed E-state index contributed by atoms with van der Waals surface area (Å²) in [5, 5.41) is 3.07. The molecule has 1 saturated heterocycles. The van der Waals surface area contributed by atoms with Gasteiger partial charge in [0.05, 0.1) is 16.8 Å². The highest BCUT2D eigenvalue weighted by Crippen LogP contribution is 2.30. The smallest absolute Gasteiger partial charge is 0.417 e. The van der Waals surface area contributed by atoms with Crippen LogP contribution in [0.15, 0.2) is 34.9 Å². The van der Waals surface area contributed by atoms with E-state index in [0.717, 1.165) is 37.2 Å². The third kappa shape index (κ3) is 5.05. The van der Waals surface area contributed by atoms with Gasteiger partial charge in [0.2, 0.25) is 5.89 Å². The van der Waals surface area contributed by atoms with E-state index >= 15 is 0 Å². The lowest BCUT2D eigenvalue weighted by molar-refractivity contribution is -0.137. The molecule has 0 aromatic carbocycles. The molecule has 7 nitrogen and oxygen atoms in total. The summed E-state index contributed by atoms with van der Waals surface area (Å²) < 4.78 is 44.1. The molecule has 4 heterocycles. The number of piperidine rings is 1. The molecule has 0 bridgehead atoms. The van der Waals surface area contributed by atoms with Crippen molar-refractivity contribution in [1.29, 1.82) is 0 Å². The Labute approximate surface area is 195 Å². The molecule has 1 aliphatic rings. The molecule has 4 rings (SSSR count). The minimum atomic E-state index is -4.43. The van der Waals surface area contributed by atoms with Crippen molar-refractivity contribution >= 4 is 11.7 Å². The zero-order valence-corrected chi connectivity index (χ0v) is 19.2. The second kappa shape index (κ2) is 9.44. The van der Waals surface area contributed by atoms with Gasteiger partial charge in [-0.25, -0.2) is 15.0 Å². The fourth-order valence-electron chi connectivity index (χ4n) is 3.98. The van der Waals surface area contributed by atoms with Gasteiger partial charge in [0.1, 0.15) is 17.3 Å². The minimum Gasteiger partial charge on any atom is -0.441 e. The number of carbonyl (C=O) groups excluding carboxylic acids is 1. The quantitative estimate of drug-likeness (QED) is 0.550. The van der Waals surface area contributed by atoms with E-state index in [4.69, 9.17) is 4.42 Å². The number of rotatable bonds is 5. The largest absolute Gasteiger partial charge is 0.441 e. The number of pyridine rings is 2. The summed E-state index contributed by atoms with van der Waals surface area (Å²) in [6.07, 6.45) is -1.06. The van der Waals surface area contributed by atoms with Gasteiger partial charge in [-0.2, -0.15) is 13.2 Å². The third-order valence-electron chi connectivity index (χ3n) is 5.99. The van der Waals surface area contributed by atoms with Gasteiger partial charge in [0.15, 0.2) is 0 Å². The van der Waals surface area contributed by atoms with Gasteiger partial charge in [0.25, 0.3) is 5.91 Å². The van der Waals surface area contributed by atoms with Crippen LogP contribution in [0.3, 0.4) is 0 Å². The maximum atomic E-state index is 13.6. The molecule has 10 heteroatoms. The van der Waals surface area contributed by atoms with Crippen LogP contribution in [-0.4, -0.2) is 44.9 Å². The molecule has 0 aliphatic carbocycles. The summed E-state index contributed by atoms with van der Waals surface area (Å²) in [6.45, 7) is 6.40. The highest BCUT2D eigenvalue weighted by atomic mass is 19.4. The van der Waals surface area contributed by atoms with Gasteiger partial charge in [-0.15, -0.1) is 0 Å². The van der Waals surface area contributed by atoms with Crippen LogP contribution in [-0.2, 0) is 6.18 Å². The van der Waals surface area contributed by atoms with E-state index in [1.165, 1.54) is 6.07 Å². The van der Waals surface area contributed by atoms with Gasteiger partial charge >= 0.3 is 6.18 Å². The Balaban J connectivity index is 1.54. The fourth-order valence-corrected chi connectivity index (χ4v) is 3.98. The lowest BCUT2D eigenvalue weighted by Gasteiger charge is -2.36. The normalized spacial score (nSPS) is 16.5. The molecular formula is C24H26F3N5O2. The summed E-state index contributed by atoms with van der Waals surface area (Å²) in [4.78, 5) is 28.2. The van der Waals surface area contributed by atoms with Gasteiger partial charge in [0, 0.05) is 31.0 Å². The molecule has 3 aromatic rings. The molecule has 34 heavy (non-hydrogen) atoms. The van der Waals surface area contributed by atoms with Gasteiger partial charge in [-0.1, -0.05) is 0 Å². The maximum Gasteiger partial charge on any atom is 0.417 e. The van der Waals surface area contributed by atoms with Crippen LogP contribution in [0.2, 0.25) is 0 Å². The van der Waals surface area contributed by atoms with E-state index in [1.807, 2.05) is 26.8 Å². The van der Waals surface area contributed by atoms with E-state index in [0.29, 0.717) is 41.8 Å². The average molecular weight is 473 g/mol. The standard InChI is InChI=1S/C24H26F3N5O2/c1-14-7-9-19(22-31-15(2)16(3)34-22)21(30-14)23(33)32-11-5-4-6-18(32)13-29-20-10-8-17(12-28-20)24(25,26)27/h7-10,12,18H,4-6,11,13H2,1-3H3,(H,28,29)/t18-/m0/s1. The van der Waals surface area contributed by atoms with Crippen molar-refractivity contribution in [3.8, 4) is 11.5 Å². The molecule has 180 valence electrons. The molecule has 0 saturated carbocycles. The first-order valence-electron chi connectivity index (χ1n) is 11.1. The summed E-state index contributed by atoms with van der Waals surface area (Å²) in [5.41, 5.74) is 1.46. The summed E-state index contributed by atoms with van der Waals surface area (Å²) >= 11 is 0. The zero-order chi connectivity index (χ0) is 24.5. The first-order chi connectivity index (χ1) is 16.1. The number of aryl methyl sites for hydroxylation is 3. The number of hydrogen-bond acceptors (Lipinski definition) is 6. The van der Waals surface area contributed by atoms with E-state index in [1.54, 1.807) is 11.0 Å². The first kappa shape index (κ1) is 23.7. The van der Waals surface area contributed by atoms with E-state index < -0.39 is 11.7 Å². The molecule has 0 spiro atoms. The monoisotopic (exact) mass is 473 g/mol. The maximum absolute atomic E-state index is 13.6. The van der Waals surface area contributed by atoms with Crippen LogP contribution < -0.4 is 5.32 Å². The Morgan fingerprint density at radius 3 is 2.59 bits per heavy atom. The van der Waals surface area contributed by atoms with E-state index in [-0.39, 0.29) is 17.6 Å². The van der Waals surface area contributed by atoms with Crippen molar-refractivity contribution in [1.82, 2.24) is 19.9 Å². The Kier molecular flexibility index (Phi) is 6.58. The van der Waals surface area contributed by atoms with Crippen molar-refractivity contribution < 1.29 is 22.4 Å². The van der Waals surface area contributed by atoms with Crippen molar-refractivity contribution in [2.75, 3.05) is 18.4 Å². The number of hydrogen-bond donors (Lipinski definition) is 1. The van der Waals surface area contributed by atoms with Crippen LogP contribution in [0.25, 0.3) is 11.5 Å². The predicted octanol–water partition coefficient (Wildman–Crippen LogP) is 5.18. The second-order valence-electron chi connectivity index (χ2n) is 8.47. The minimum absolute atomic E-state index is 0.159. The second-order valence-corrected chi connectivity index (χ2v) is 8.47. The third-order valence-corrected chi connectivity index (χ3v) is 5.99. The van der Waals surface area contributed by atoms with Crippen LogP contribution in [0, 0.1) is 20.8 Å². The molecule has 1 N–H and O–H groups in total. The van der Waals surface area contributed by atoms with Crippen molar-refractivity contribution in [3.05, 3.63) is 58.9 Å². The first-order valence-corrected chi connectivity index (χ1v) is 11.1. The number of alkyl halides is 3. The lowest BCUT2D eigenvalue weighted by Crippen LogP contribution is -2.47. The van der Waals surface area contributed by atoms with Crippen molar-refractivity contribution in [2.45, 2.75) is 52.3 Å². The molecule has 1 fully saturated rings. The SMILES string of the molecule is Cc1ccc(-c2nc(C)c(C)o2)c(C(=O)N2CCCC[C@H]2CNc2ccc(C(F)(F)F)cn2)n1. The highest BCUT2D eigenvalue weighted by molar-refractivity contribution is 5.98. The van der Waals surface area contributed by atoms with Crippen LogP contribution in [0.1, 0.15) is 52.5 Å². The molecule has 3 aromatic heterocycles. The Hall–Kier alpha value is -3.43. The fraction of sp³-hybridized carbons (Fsp3) is 0.417. The van der Waals surface area contributed by atoms with Crippen LogP contribution in [0.5, 0.6) is 0 Å². The number of aromatic nitrogens is 3. The Bertz CT molecular complexity index is 1150. The molecule has 1 amide bonds. The topological polar surface area (TPSA) is 84.2 Å². The van der Waals surface area contributed by atoms with Crippen LogP contribution in [0.4, 0.5) is 19.0 Å². The summed E-state index contributed by atoms with van der Waals surface area (Å²) in [5.74, 6) is 1.13. The summed E-state index contributed by atoms with van der Waals surface area (Å²) in [7, 11) is 0. The van der Waals surface area contributed by atoms with Gasteiger partial charge in [-0.05, 0) is 64.3 Å². The number of carbonyl (C=O) groups is 1. The Morgan fingerprint density at radius 1 is 1.15 bits per heavy atom. The molecular weight excluding hydrogens is 447 g/mol. The molecule has 0 unspecified atom stereocenters. The van der Waals surface area contributed by atoms with Gasteiger partial charge in [-0.3, -0.25) is 4.79 Å². The van der Waals surface area contributed by atoms with Crippen LogP contribution >= 0.6 is 0 Å². The van der Waals surface area contributed by atoms with E-state index in [9.17, 15) is 18.0 Å². The molecule has 1 aliphatic heterocycles. The molecule has 0 radical (unpaired) electrons. The number of oxazole rings is 1. The zero-order valence-electron chi connectivity index (χ0n) is 19.2. The van der Waals surface area contributed by atoms with Gasteiger partial charge < -0.3 is 14.6 Å². The van der Waals surface area contributed by atoms with Crippen molar-refractivity contribution in [2.24, 2.45) is 0 Å². The number of nitrogens with one attached hydrogen (secondary N) is 1. The summed E-state index contributed by atoms with van der Waals surface area (Å²) in [6, 6.07) is 5.73. The predicted molar refractivity (Wildman–Crippen MR) is 120 cm³/mol. The number of nitrogens with zero attached hydrogens (tertiary/aromatic N) is 4. The number of amides is 1. The van der Waals surface area contributed by atoms with E-state index in [2.05, 4.69) is 20.3 Å².